The first-order valence-corrected chi connectivity index (χ1v) is 9.82. The Labute approximate surface area is 175 Å². The molecule has 0 aliphatic carbocycles. The van der Waals surface area contributed by atoms with Crippen LogP contribution in [0.1, 0.15) is 49.7 Å². The highest BCUT2D eigenvalue weighted by molar-refractivity contribution is 7.10. The van der Waals surface area contributed by atoms with Crippen molar-refractivity contribution in [3.05, 3.63) is 97.2 Å². The summed E-state index contributed by atoms with van der Waals surface area (Å²) in [5.74, 6) is 4.77. The normalized spacial score (nSPS) is 13.6. The zero-order valence-corrected chi connectivity index (χ0v) is 16.5. The number of hydrogen-bond donors (Lipinski definition) is 0. The van der Waals surface area contributed by atoms with Gasteiger partial charge in [0.05, 0.1) is 26.5 Å². The highest BCUT2D eigenvalue weighted by atomic mass is 32.1. The van der Waals surface area contributed by atoms with Crippen molar-refractivity contribution in [2.75, 3.05) is 0 Å². The summed E-state index contributed by atoms with van der Waals surface area (Å²) in [6, 6.07) is 14.6. The van der Waals surface area contributed by atoms with Gasteiger partial charge in [-0.15, -0.1) is 16.4 Å². The number of benzene rings is 2. The van der Waals surface area contributed by atoms with Crippen LogP contribution in [0.3, 0.4) is 0 Å². The number of rotatable bonds is 4. The second kappa shape index (κ2) is 7.91. The zero-order valence-electron chi connectivity index (χ0n) is 15.7. The average Bonchev–Trinajstić information content (AvgIpc) is 3.35. The third kappa shape index (κ3) is 3.59. The molecule has 0 spiro atoms. The van der Waals surface area contributed by atoms with Crippen LogP contribution in [-0.4, -0.2) is 21.8 Å². The number of nitro benzene ring substituents is 1. The minimum absolute atomic E-state index is 0.180. The number of hydroxylamine groups is 2. The molecule has 0 N–H and O–H groups in total. The second-order valence-electron chi connectivity index (χ2n) is 6.46. The lowest BCUT2D eigenvalue weighted by Crippen LogP contribution is -2.31. The molecule has 7 nitrogen and oxygen atoms in total. The molecule has 0 saturated carbocycles. The molecule has 0 fully saturated rings. The fourth-order valence-corrected chi connectivity index (χ4v) is 3.66. The Morgan fingerprint density at radius 3 is 2.33 bits per heavy atom. The van der Waals surface area contributed by atoms with Crippen LogP contribution < -0.4 is 0 Å². The summed E-state index contributed by atoms with van der Waals surface area (Å²) >= 11 is 1.49. The average molecular weight is 418 g/mol. The molecule has 1 atom stereocenters. The maximum atomic E-state index is 12.5. The molecule has 1 aromatic heterocycles. The maximum Gasteiger partial charge on any atom is 0.285 e. The van der Waals surface area contributed by atoms with E-state index < -0.39 is 22.8 Å². The SMILES string of the molecule is CC(ON1C(=O)c2ccccc2C1=O)c1cc(C#Cc2cccs2)ccc1[N+](=O)[O-]. The molecule has 0 saturated heterocycles. The predicted molar refractivity (Wildman–Crippen MR) is 110 cm³/mol. The smallest absolute Gasteiger partial charge is 0.266 e. The summed E-state index contributed by atoms with van der Waals surface area (Å²) in [6.07, 6.45) is -0.934. The van der Waals surface area contributed by atoms with Gasteiger partial charge in [-0.1, -0.05) is 30.0 Å². The zero-order chi connectivity index (χ0) is 21.3. The molecular formula is C22H14N2O5S. The van der Waals surface area contributed by atoms with Crippen molar-refractivity contribution >= 4 is 28.8 Å². The van der Waals surface area contributed by atoms with E-state index >= 15 is 0 Å². The van der Waals surface area contributed by atoms with E-state index in [-0.39, 0.29) is 22.4 Å². The van der Waals surface area contributed by atoms with Crippen LogP contribution in [0.2, 0.25) is 0 Å². The standard InChI is InChI=1S/C22H14N2O5S/c1-14(29-23-21(25)17-6-2-3-7-18(17)22(23)26)19-13-15(9-11-20(19)24(27)28)8-10-16-5-4-12-30-16/h2-7,9,11-14H,1H3. The number of hydrogen-bond acceptors (Lipinski definition) is 6. The lowest BCUT2D eigenvalue weighted by Gasteiger charge is -2.19. The number of nitrogens with zero attached hydrogens (tertiary/aromatic N) is 2. The molecule has 2 heterocycles. The second-order valence-corrected chi connectivity index (χ2v) is 7.40. The van der Waals surface area contributed by atoms with Crippen molar-refractivity contribution < 1.29 is 19.3 Å². The van der Waals surface area contributed by atoms with Gasteiger partial charge in [-0.25, -0.2) is 0 Å². The maximum absolute atomic E-state index is 12.5. The minimum atomic E-state index is -0.934. The van der Waals surface area contributed by atoms with Gasteiger partial charge in [0.2, 0.25) is 0 Å². The number of amides is 2. The summed E-state index contributed by atoms with van der Waals surface area (Å²) in [5, 5.41) is 14.1. The van der Waals surface area contributed by atoms with E-state index in [9.17, 15) is 19.7 Å². The number of fused-ring (bicyclic) bond motifs is 1. The van der Waals surface area contributed by atoms with Gasteiger partial charge >= 0.3 is 0 Å². The first-order chi connectivity index (χ1) is 14.5. The van der Waals surface area contributed by atoms with Gasteiger partial charge in [0.25, 0.3) is 17.5 Å². The van der Waals surface area contributed by atoms with Gasteiger partial charge in [-0.2, -0.15) is 0 Å². The molecule has 1 aliphatic heterocycles. The third-order valence-corrected chi connectivity index (χ3v) is 5.32. The Bertz CT molecular complexity index is 1190. The van der Waals surface area contributed by atoms with Crippen molar-refractivity contribution in [3.63, 3.8) is 0 Å². The molecule has 0 bridgehead atoms. The molecule has 30 heavy (non-hydrogen) atoms. The summed E-state index contributed by atoms with van der Waals surface area (Å²) in [4.78, 5) is 42.4. The minimum Gasteiger partial charge on any atom is -0.266 e. The van der Waals surface area contributed by atoms with Crippen LogP contribution in [0, 0.1) is 22.0 Å². The summed E-state index contributed by atoms with van der Waals surface area (Å²) in [6.45, 7) is 1.54. The molecule has 1 unspecified atom stereocenters. The lowest BCUT2D eigenvalue weighted by atomic mass is 10.0. The van der Waals surface area contributed by atoms with Crippen LogP contribution in [0.4, 0.5) is 5.69 Å². The molecule has 2 amide bonds. The molecule has 1 aliphatic rings. The van der Waals surface area contributed by atoms with Crippen LogP contribution in [0.5, 0.6) is 0 Å². The van der Waals surface area contributed by atoms with E-state index in [4.69, 9.17) is 4.84 Å². The number of imide groups is 1. The van der Waals surface area contributed by atoms with Crippen molar-refractivity contribution in [3.8, 4) is 11.8 Å². The van der Waals surface area contributed by atoms with Crippen LogP contribution >= 0.6 is 11.3 Å². The first kappa shape index (κ1) is 19.5. The lowest BCUT2D eigenvalue weighted by molar-refractivity contribution is -0.386. The van der Waals surface area contributed by atoms with Crippen molar-refractivity contribution in [2.24, 2.45) is 0 Å². The van der Waals surface area contributed by atoms with Gasteiger partial charge in [0.1, 0.15) is 6.10 Å². The summed E-state index contributed by atoms with van der Waals surface area (Å²) in [7, 11) is 0. The van der Waals surface area contributed by atoms with Gasteiger partial charge in [0.15, 0.2) is 0 Å². The first-order valence-electron chi connectivity index (χ1n) is 8.94. The van der Waals surface area contributed by atoms with E-state index in [0.717, 1.165) is 4.88 Å². The van der Waals surface area contributed by atoms with Gasteiger partial charge < -0.3 is 0 Å². The quantitative estimate of drug-likeness (QED) is 0.272. The molecule has 2 aromatic carbocycles. The molecule has 0 radical (unpaired) electrons. The van der Waals surface area contributed by atoms with E-state index in [1.54, 1.807) is 31.2 Å². The monoisotopic (exact) mass is 418 g/mol. The van der Waals surface area contributed by atoms with Crippen molar-refractivity contribution in [2.45, 2.75) is 13.0 Å². The summed E-state index contributed by atoms with van der Waals surface area (Å²) < 4.78 is 0. The van der Waals surface area contributed by atoms with Crippen molar-refractivity contribution in [1.29, 1.82) is 0 Å². The van der Waals surface area contributed by atoms with E-state index in [0.29, 0.717) is 10.6 Å². The molecule has 4 rings (SSSR count). The van der Waals surface area contributed by atoms with Gasteiger partial charge in [-0.05, 0) is 42.6 Å². The molecular weight excluding hydrogens is 404 g/mol. The Hall–Kier alpha value is -3.80. The molecule has 148 valence electrons. The largest absolute Gasteiger partial charge is 0.285 e. The fourth-order valence-electron chi connectivity index (χ4n) is 3.09. The van der Waals surface area contributed by atoms with Crippen molar-refractivity contribution in [1.82, 2.24) is 5.06 Å². The van der Waals surface area contributed by atoms with E-state index in [1.165, 1.54) is 29.5 Å². The highest BCUT2D eigenvalue weighted by Gasteiger charge is 2.38. The number of nitro groups is 1. The summed E-state index contributed by atoms with van der Waals surface area (Å²) in [5.41, 5.74) is 1.07. The fraction of sp³-hybridized carbons (Fsp3) is 0.0909. The van der Waals surface area contributed by atoms with Crippen LogP contribution in [0.25, 0.3) is 0 Å². The molecule has 3 aromatic rings. The van der Waals surface area contributed by atoms with Crippen LogP contribution in [0.15, 0.2) is 60.0 Å². The number of carbonyl (C=O) groups excluding carboxylic acids is 2. The number of carbonyl (C=O) groups is 2. The number of thiophene rings is 1. The van der Waals surface area contributed by atoms with Crippen LogP contribution in [-0.2, 0) is 4.84 Å². The Balaban J connectivity index is 1.64. The Kier molecular flexibility index (Phi) is 5.14. The Morgan fingerprint density at radius 1 is 1.03 bits per heavy atom. The Morgan fingerprint density at radius 2 is 1.73 bits per heavy atom. The van der Waals surface area contributed by atoms with Gasteiger partial charge in [0, 0.05) is 11.6 Å². The molecule has 8 heteroatoms. The predicted octanol–water partition coefficient (Wildman–Crippen LogP) is 4.34. The van der Waals surface area contributed by atoms with E-state index in [1.807, 2.05) is 17.5 Å². The van der Waals surface area contributed by atoms with Gasteiger partial charge in [-0.3, -0.25) is 24.5 Å². The highest BCUT2D eigenvalue weighted by Crippen LogP contribution is 2.32. The third-order valence-electron chi connectivity index (χ3n) is 4.53. The van der Waals surface area contributed by atoms with E-state index in [2.05, 4.69) is 11.8 Å². The topological polar surface area (TPSA) is 89.8 Å².